The molecular formula is C14H9ClFNO3. The first-order chi connectivity index (χ1) is 9.47. The van der Waals surface area contributed by atoms with Crippen LogP contribution in [0.3, 0.4) is 0 Å². The van der Waals surface area contributed by atoms with Gasteiger partial charge in [0.25, 0.3) is 5.69 Å². The number of nitro benzene ring substituents is 1. The molecule has 2 aromatic rings. The molecule has 0 fully saturated rings. The second kappa shape index (κ2) is 5.79. The Hall–Kier alpha value is -2.27. The lowest BCUT2D eigenvalue weighted by Crippen LogP contribution is -2.05. The van der Waals surface area contributed by atoms with Gasteiger partial charge in [-0.2, -0.15) is 0 Å². The van der Waals surface area contributed by atoms with Crippen molar-refractivity contribution in [3.8, 4) is 0 Å². The molecule has 2 aromatic carbocycles. The molecule has 20 heavy (non-hydrogen) atoms. The van der Waals surface area contributed by atoms with Gasteiger partial charge in [0.15, 0.2) is 5.78 Å². The molecule has 0 saturated carbocycles. The minimum Gasteiger partial charge on any atom is -0.294 e. The largest absolute Gasteiger partial charge is 0.294 e. The molecule has 0 saturated heterocycles. The van der Waals surface area contributed by atoms with Gasteiger partial charge in [-0.15, -0.1) is 0 Å². The molecule has 0 heterocycles. The van der Waals surface area contributed by atoms with E-state index >= 15 is 0 Å². The van der Waals surface area contributed by atoms with Crippen molar-refractivity contribution in [3.63, 3.8) is 0 Å². The Kier molecular flexibility index (Phi) is 4.10. The third kappa shape index (κ3) is 3.19. The minimum absolute atomic E-state index is 0.0414. The lowest BCUT2D eigenvalue weighted by Gasteiger charge is -2.04. The molecule has 0 atom stereocenters. The normalized spacial score (nSPS) is 10.3. The van der Waals surface area contributed by atoms with E-state index < -0.39 is 22.2 Å². The number of carbonyl (C=O) groups excluding carboxylic acids is 1. The van der Waals surface area contributed by atoms with Gasteiger partial charge >= 0.3 is 0 Å². The lowest BCUT2D eigenvalue weighted by molar-refractivity contribution is -0.385. The highest BCUT2D eigenvalue weighted by molar-refractivity contribution is 6.31. The van der Waals surface area contributed by atoms with Gasteiger partial charge in [-0.1, -0.05) is 29.8 Å². The first-order valence-corrected chi connectivity index (χ1v) is 6.07. The van der Waals surface area contributed by atoms with E-state index in [1.807, 2.05) is 0 Å². The summed E-state index contributed by atoms with van der Waals surface area (Å²) in [6, 6.07) is 9.57. The van der Waals surface area contributed by atoms with Crippen LogP contribution >= 0.6 is 11.6 Å². The Morgan fingerprint density at radius 3 is 2.60 bits per heavy atom. The molecule has 0 bridgehead atoms. The van der Waals surface area contributed by atoms with E-state index in [2.05, 4.69) is 0 Å². The SMILES string of the molecule is O=C(Cc1ccccc1Cl)c1cc(F)cc([N+](=O)[O-])c1. The van der Waals surface area contributed by atoms with Crippen LogP contribution in [0.5, 0.6) is 0 Å². The van der Waals surface area contributed by atoms with Gasteiger partial charge in [0, 0.05) is 23.1 Å². The summed E-state index contributed by atoms with van der Waals surface area (Å²) in [5, 5.41) is 11.1. The number of ketones is 1. The molecule has 0 spiro atoms. The first-order valence-electron chi connectivity index (χ1n) is 5.69. The molecule has 102 valence electrons. The second-order valence-electron chi connectivity index (χ2n) is 4.15. The maximum atomic E-state index is 13.3. The molecule has 0 radical (unpaired) electrons. The average molecular weight is 294 g/mol. The Bertz CT molecular complexity index is 688. The zero-order valence-corrected chi connectivity index (χ0v) is 10.9. The van der Waals surface area contributed by atoms with E-state index in [0.717, 1.165) is 18.2 Å². The molecule has 0 aliphatic heterocycles. The fourth-order valence-electron chi connectivity index (χ4n) is 1.76. The molecule has 2 rings (SSSR count). The molecule has 0 unspecified atom stereocenters. The third-order valence-corrected chi connectivity index (χ3v) is 3.09. The van der Waals surface area contributed by atoms with Crippen molar-refractivity contribution >= 4 is 23.1 Å². The van der Waals surface area contributed by atoms with Crippen molar-refractivity contribution in [2.75, 3.05) is 0 Å². The molecule has 0 aromatic heterocycles. The summed E-state index contributed by atoms with van der Waals surface area (Å²) in [5.74, 6) is -1.25. The average Bonchev–Trinajstić information content (AvgIpc) is 2.40. The van der Waals surface area contributed by atoms with E-state index in [0.29, 0.717) is 10.6 Å². The number of carbonyl (C=O) groups is 1. The summed E-state index contributed by atoms with van der Waals surface area (Å²) < 4.78 is 13.3. The predicted molar refractivity (Wildman–Crippen MR) is 72.5 cm³/mol. The lowest BCUT2D eigenvalue weighted by atomic mass is 10.0. The number of Topliss-reactive ketones (excluding diaryl/α,β-unsaturated/α-hetero) is 1. The zero-order chi connectivity index (χ0) is 14.7. The van der Waals surface area contributed by atoms with Crippen LogP contribution in [0.25, 0.3) is 0 Å². The number of nitrogens with zero attached hydrogens (tertiary/aromatic N) is 1. The van der Waals surface area contributed by atoms with Crippen molar-refractivity contribution in [2.45, 2.75) is 6.42 Å². The van der Waals surface area contributed by atoms with Crippen LogP contribution in [0, 0.1) is 15.9 Å². The second-order valence-corrected chi connectivity index (χ2v) is 4.55. The number of benzene rings is 2. The van der Waals surface area contributed by atoms with Gasteiger partial charge in [-0.25, -0.2) is 4.39 Å². The quantitative estimate of drug-likeness (QED) is 0.489. The molecule has 0 N–H and O–H groups in total. The first kappa shape index (κ1) is 14.1. The maximum Gasteiger partial charge on any atom is 0.273 e. The predicted octanol–water partition coefficient (Wildman–Crippen LogP) is 3.81. The van der Waals surface area contributed by atoms with Gasteiger partial charge < -0.3 is 0 Å². The standard InChI is InChI=1S/C14H9ClFNO3/c15-13-4-2-1-3-9(13)7-14(18)10-5-11(16)8-12(6-10)17(19)20/h1-6,8H,7H2. The van der Waals surface area contributed by atoms with Crippen LogP contribution < -0.4 is 0 Å². The molecule has 0 aliphatic rings. The molecule has 0 aliphatic carbocycles. The highest BCUT2D eigenvalue weighted by Gasteiger charge is 2.15. The van der Waals surface area contributed by atoms with E-state index in [4.69, 9.17) is 11.6 Å². The summed E-state index contributed by atoms with van der Waals surface area (Å²) in [7, 11) is 0. The summed E-state index contributed by atoms with van der Waals surface area (Å²) in [4.78, 5) is 22.0. The number of hydrogen-bond donors (Lipinski definition) is 0. The van der Waals surface area contributed by atoms with Crippen LogP contribution in [0.2, 0.25) is 5.02 Å². The van der Waals surface area contributed by atoms with Crippen molar-refractivity contribution < 1.29 is 14.1 Å². The summed E-state index contributed by atoms with van der Waals surface area (Å²) in [6.07, 6.45) is -0.0414. The van der Waals surface area contributed by atoms with Crippen LogP contribution in [-0.4, -0.2) is 10.7 Å². The van der Waals surface area contributed by atoms with Gasteiger partial charge in [0.05, 0.1) is 11.0 Å². The van der Waals surface area contributed by atoms with Gasteiger partial charge in [0.1, 0.15) is 5.82 Å². The van der Waals surface area contributed by atoms with E-state index in [1.54, 1.807) is 24.3 Å². The molecule has 0 amide bonds. The fraction of sp³-hybridized carbons (Fsp3) is 0.0714. The molecular weight excluding hydrogens is 285 g/mol. The zero-order valence-electron chi connectivity index (χ0n) is 10.2. The number of hydrogen-bond acceptors (Lipinski definition) is 3. The number of nitro groups is 1. The van der Waals surface area contributed by atoms with Crippen LogP contribution in [0.15, 0.2) is 42.5 Å². The monoisotopic (exact) mass is 293 g/mol. The third-order valence-electron chi connectivity index (χ3n) is 2.72. The number of non-ortho nitro benzene ring substituents is 1. The summed E-state index contributed by atoms with van der Waals surface area (Å²) in [6.45, 7) is 0. The Morgan fingerprint density at radius 1 is 1.25 bits per heavy atom. The maximum absolute atomic E-state index is 13.3. The van der Waals surface area contributed by atoms with Crippen molar-refractivity contribution in [1.29, 1.82) is 0 Å². The summed E-state index contributed by atoms with van der Waals surface area (Å²) in [5.41, 5.74) is 0.0928. The van der Waals surface area contributed by atoms with Crippen LogP contribution in [-0.2, 0) is 6.42 Å². The number of rotatable bonds is 4. The highest BCUT2D eigenvalue weighted by Crippen LogP contribution is 2.20. The molecule has 6 heteroatoms. The topological polar surface area (TPSA) is 60.2 Å². The van der Waals surface area contributed by atoms with Crippen molar-refractivity contribution in [1.82, 2.24) is 0 Å². The van der Waals surface area contributed by atoms with Gasteiger partial charge in [-0.05, 0) is 17.7 Å². The Labute approximate surface area is 119 Å². The number of halogens is 2. The van der Waals surface area contributed by atoms with Crippen LogP contribution in [0.4, 0.5) is 10.1 Å². The van der Waals surface area contributed by atoms with E-state index in [1.165, 1.54) is 0 Å². The van der Waals surface area contributed by atoms with Crippen molar-refractivity contribution in [3.05, 3.63) is 74.5 Å². The Balaban J connectivity index is 2.30. The van der Waals surface area contributed by atoms with E-state index in [-0.39, 0.29) is 12.0 Å². The molecule has 4 nitrogen and oxygen atoms in total. The summed E-state index contributed by atoms with van der Waals surface area (Å²) >= 11 is 5.93. The smallest absolute Gasteiger partial charge is 0.273 e. The van der Waals surface area contributed by atoms with Gasteiger partial charge in [0.2, 0.25) is 0 Å². The fourth-order valence-corrected chi connectivity index (χ4v) is 1.96. The van der Waals surface area contributed by atoms with Crippen LogP contribution in [0.1, 0.15) is 15.9 Å². The van der Waals surface area contributed by atoms with Crippen molar-refractivity contribution in [2.24, 2.45) is 0 Å². The highest BCUT2D eigenvalue weighted by atomic mass is 35.5. The van der Waals surface area contributed by atoms with E-state index in [9.17, 15) is 19.3 Å². The minimum atomic E-state index is -0.818. The Morgan fingerprint density at radius 2 is 1.95 bits per heavy atom. The van der Waals surface area contributed by atoms with Gasteiger partial charge in [-0.3, -0.25) is 14.9 Å².